The Balaban J connectivity index is 1.32. The lowest BCUT2D eigenvalue weighted by atomic mass is 10.1. The number of likely N-dealkylation sites (tertiary alicyclic amines) is 2. The summed E-state index contributed by atoms with van der Waals surface area (Å²) in [5.74, 6) is 4.14. The molecule has 0 atom stereocenters. The minimum absolute atomic E-state index is 0.885. The van der Waals surface area contributed by atoms with Crippen LogP contribution in [0.3, 0.4) is 0 Å². The number of anilines is 1. The quantitative estimate of drug-likeness (QED) is 0.617. The second-order valence-corrected chi connectivity index (χ2v) is 10.2. The zero-order valence-corrected chi connectivity index (χ0v) is 19.4. The summed E-state index contributed by atoms with van der Waals surface area (Å²) in [6.07, 6.45) is 7.61. The van der Waals surface area contributed by atoms with Crippen LogP contribution in [0.15, 0.2) is 24.3 Å². The van der Waals surface area contributed by atoms with Crippen molar-refractivity contribution in [3.63, 3.8) is 0 Å². The summed E-state index contributed by atoms with van der Waals surface area (Å²) in [5, 5.41) is 3.68. The van der Waals surface area contributed by atoms with E-state index in [1.807, 2.05) is 11.8 Å². The average Bonchev–Trinajstić information content (AvgIpc) is 3.51. The van der Waals surface area contributed by atoms with Crippen molar-refractivity contribution >= 4 is 17.6 Å². The van der Waals surface area contributed by atoms with Crippen LogP contribution in [0, 0.1) is 0 Å². The summed E-state index contributed by atoms with van der Waals surface area (Å²) in [6.45, 7) is 8.22. The third kappa shape index (κ3) is 5.41. The number of hydrogen-bond donors (Lipinski definition) is 1. The lowest BCUT2D eigenvalue weighted by molar-refractivity contribution is 0.331. The van der Waals surface area contributed by atoms with Crippen LogP contribution in [-0.4, -0.2) is 64.8 Å². The molecular weight excluding hydrogens is 402 g/mol. The molecule has 1 N–H and O–H groups in total. The third-order valence-corrected chi connectivity index (χ3v) is 7.74. The van der Waals surface area contributed by atoms with Gasteiger partial charge in [0.15, 0.2) is 5.82 Å². The molecule has 0 unspecified atom stereocenters. The molecule has 0 spiro atoms. The highest BCUT2D eigenvalue weighted by atomic mass is 32.2. The first-order valence-electron chi connectivity index (χ1n) is 12.1. The van der Waals surface area contributed by atoms with Gasteiger partial charge in [0.05, 0.1) is 5.69 Å². The van der Waals surface area contributed by atoms with Gasteiger partial charge in [0.1, 0.15) is 5.82 Å². The van der Waals surface area contributed by atoms with Gasteiger partial charge in [-0.2, -0.15) is 11.8 Å². The van der Waals surface area contributed by atoms with Crippen molar-refractivity contribution in [1.29, 1.82) is 0 Å². The van der Waals surface area contributed by atoms with Crippen LogP contribution in [0.25, 0.3) is 11.4 Å². The molecule has 0 saturated carbocycles. The third-order valence-electron chi connectivity index (χ3n) is 6.75. The largest absolute Gasteiger partial charge is 0.370 e. The van der Waals surface area contributed by atoms with Crippen molar-refractivity contribution < 1.29 is 0 Å². The number of nitrogens with one attached hydrogen (secondary N) is 1. The fourth-order valence-corrected chi connectivity index (χ4v) is 6.02. The first-order valence-corrected chi connectivity index (χ1v) is 13.3. The second-order valence-electron chi connectivity index (χ2n) is 9.14. The topological polar surface area (TPSA) is 44.3 Å². The number of hydrogen-bond acceptors (Lipinski definition) is 6. The molecule has 1 aromatic carbocycles. The minimum atomic E-state index is 0.885. The Bertz CT molecular complexity index is 874. The lowest BCUT2D eigenvalue weighted by Crippen LogP contribution is -2.23. The molecular formula is C25H35N5S. The van der Waals surface area contributed by atoms with Crippen LogP contribution in [0.5, 0.6) is 0 Å². The van der Waals surface area contributed by atoms with E-state index in [-0.39, 0.29) is 0 Å². The van der Waals surface area contributed by atoms with Gasteiger partial charge in [0.25, 0.3) is 0 Å². The molecule has 166 valence electrons. The van der Waals surface area contributed by atoms with Crippen molar-refractivity contribution in [1.82, 2.24) is 19.8 Å². The molecule has 2 aromatic rings. The fraction of sp³-hybridized carbons (Fsp3) is 0.600. The molecule has 6 heteroatoms. The summed E-state index contributed by atoms with van der Waals surface area (Å²) in [5.41, 5.74) is 5.10. The van der Waals surface area contributed by atoms with E-state index >= 15 is 0 Å². The van der Waals surface area contributed by atoms with Crippen LogP contribution in [-0.2, 0) is 18.7 Å². The lowest BCUT2D eigenvalue weighted by Gasteiger charge is -2.21. The molecule has 3 aliphatic rings. The van der Waals surface area contributed by atoms with Gasteiger partial charge >= 0.3 is 0 Å². The van der Waals surface area contributed by atoms with Gasteiger partial charge in [-0.15, -0.1) is 0 Å². The van der Waals surface area contributed by atoms with Crippen molar-refractivity contribution in [3.05, 3.63) is 41.1 Å². The van der Waals surface area contributed by atoms with E-state index in [0.29, 0.717) is 0 Å². The van der Waals surface area contributed by atoms with Gasteiger partial charge in [-0.25, -0.2) is 9.97 Å². The highest BCUT2D eigenvalue weighted by molar-refractivity contribution is 7.98. The van der Waals surface area contributed by atoms with E-state index in [9.17, 15) is 0 Å². The Morgan fingerprint density at radius 3 is 2.61 bits per heavy atom. The maximum atomic E-state index is 5.04. The van der Waals surface area contributed by atoms with Crippen molar-refractivity contribution in [3.8, 4) is 11.4 Å². The predicted octanol–water partition coefficient (Wildman–Crippen LogP) is 4.43. The number of benzene rings is 1. The van der Waals surface area contributed by atoms with Crippen LogP contribution < -0.4 is 5.32 Å². The zero-order valence-electron chi connectivity index (χ0n) is 18.6. The predicted molar refractivity (Wildman–Crippen MR) is 131 cm³/mol. The number of thioether (sulfide) groups is 1. The average molecular weight is 438 g/mol. The maximum Gasteiger partial charge on any atom is 0.161 e. The molecule has 4 heterocycles. The minimum Gasteiger partial charge on any atom is -0.370 e. The van der Waals surface area contributed by atoms with Crippen molar-refractivity contribution in [2.24, 2.45) is 0 Å². The van der Waals surface area contributed by atoms with E-state index < -0.39 is 0 Å². The van der Waals surface area contributed by atoms with E-state index in [1.165, 1.54) is 81.6 Å². The first kappa shape index (κ1) is 21.2. The Labute approximate surface area is 191 Å². The maximum absolute atomic E-state index is 5.04. The SMILES string of the molecule is c1cc(CN2CCCC2)cc(-c2nc3c(c(NCCCN4CCCC4)n2)CSCC3)c1. The summed E-state index contributed by atoms with van der Waals surface area (Å²) >= 11 is 2.00. The molecule has 2 saturated heterocycles. The number of aromatic nitrogens is 2. The molecule has 5 nitrogen and oxygen atoms in total. The Morgan fingerprint density at radius 2 is 1.77 bits per heavy atom. The van der Waals surface area contributed by atoms with Crippen molar-refractivity contribution in [2.45, 2.75) is 50.8 Å². The van der Waals surface area contributed by atoms with Gasteiger partial charge in [-0.1, -0.05) is 18.2 Å². The number of rotatable bonds is 8. The molecule has 0 amide bonds. The fourth-order valence-electron chi connectivity index (χ4n) is 5.03. The summed E-state index contributed by atoms with van der Waals surface area (Å²) in [4.78, 5) is 15.2. The number of aryl methyl sites for hydroxylation is 1. The normalized spacial score (nSPS) is 19.6. The molecule has 0 radical (unpaired) electrons. The van der Waals surface area contributed by atoms with Gasteiger partial charge in [-0.05, 0) is 88.6 Å². The Hall–Kier alpha value is -1.63. The number of nitrogens with zero attached hydrogens (tertiary/aromatic N) is 4. The van der Waals surface area contributed by atoms with Crippen LogP contribution >= 0.6 is 11.8 Å². The van der Waals surface area contributed by atoms with E-state index in [2.05, 4.69) is 39.4 Å². The first-order chi connectivity index (χ1) is 15.3. The van der Waals surface area contributed by atoms with Crippen LogP contribution in [0.2, 0.25) is 0 Å². The van der Waals surface area contributed by atoms with E-state index in [0.717, 1.165) is 48.2 Å². The standard InChI is InChI=1S/C25H35N5S/c1-2-12-29(11-1)15-6-10-26-25-22-19-31-16-9-23(22)27-24(28-25)21-8-5-7-20(17-21)18-30-13-3-4-14-30/h5,7-8,17H,1-4,6,9-16,18-19H2,(H,26,27,28). The highest BCUT2D eigenvalue weighted by Gasteiger charge is 2.19. The summed E-state index contributed by atoms with van der Waals surface area (Å²) in [7, 11) is 0. The highest BCUT2D eigenvalue weighted by Crippen LogP contribution is 2.31. The smallest absolute Gasteiger partial charge is 0.161 e. The van der Waals surface area contributed by atoms with E-state index in [4.69, 9.17) is 9.97 Å². The molecule has 0 bridgehead atoms. The molecule has 5 rings (SSSR count). The van der Waals surface area contributed by atoms with Gasteiger partial charge in [0.2, 0.25) is 0 Å². The second kappa shape index (κ2) is 10.3. The molecule has 3 aliphatic heterocycles. The molecule has 0 aliphatic carbocycles. The van der Waals surface area contributed by atoms with Crippen molar-refractivity contribution in [2.75, 3.05) is 50.3 Å². The van der Waals surface area contributed by atoms with Gasteiger partial charge in [-0.3, -0.25) is 4.90 Å². The van der Waals surface area contributed by atoms with Gasteiger partial charge < -0.3 is 10.2 Å². The summed E-state index contributed by atoms with van der Waals surface area (Å²) < 4.78 is 0. The van der Waals surface area contributed by atoms with Crippen LogP contribution in [0.1, 0.15) is 48.9 Å². The summed E-state index contributed by atoms with van der Waals surface area (Å²) in [6, 6.07) is 8.88. The zero-order chi connectivity index (χ0) is 20.9. The number of fused-ring (bicyclic) bond motifs is 1. The molecule has 1 aromatic heterocycles. The monoisotopic (exact) mass is 437 g/mol. The molecule has 2 fully saturated rings. The van der Waals surface area contributed by atoms with Crippen LogP contribution in [0.4, 0.5) is 5.82 Å². The Morgan fingerprint density at radius 1 is 0.968 bits per heavy atom. The molecule has 31 heavy (non-hydrogen) atoms. The Kier molecular flexibility index (Phi) is 7.07. The van der Waals surface area contributed by atoms with E-state index in [1.54, 1.807) is 0 Å². The van der Waals surface area contributed by atoms with Gasteiger partial charge in [0, 0.05) is 30.0 Å².